The van der Waals surface area contributed by atoms with Gasteiger partial charge in [0.2, 0.25) is 0 Å². The summed E-state index contributed by atoms with van der Waals surface area (Å²) in [7, 11) is 0. The van der Waals surface area contributed by atoms with Gasteiger partial charge in [-0.25, -0.2) is 0 Å². The monoisotopic (exact) mass is 231 g/mol. The van der Waals surface area contributed by atoms with Crippen LogP contribution in [0, 0.1) is 18.3 Å². The SMILES string of the molecule is C1=C[CH+]C=C2C=C3C=CC=CC4=CC(=C1)C2CC43. The van der Waals surface area contributed by atoms with Gasteiger partial charge in [-0.15, -0.1) is 0 Å². The summed E-state index contributed by atoms with van der Waals surface area (Å²) in [6, 6.07) is 0. The topological polar surface area (TPSA) is 0 Å². The average Bonchev–Trinajstić information content (AvgIpc) is 2.57. The highest BCUT2D eigenvalue weighted by atomic mass is 14.4. The zero-order valence-electron chi connectivity index (χ0n) is 10.2. The van der Waals surface area contributed by atoms with Crippen LogP contribution in [0.3, 0.4) is 0 Å². The van der Waals surface area contributed by atoms with Crippen molar-refractivity contribution in [1.82, 2.24) is 0 Å². The summed E-state index contributed by atoms with van der Waals surface area (Å²) in [6.07, 6.45) is 25.8. The summed E-state index contributed by atoms with van der Waals surface area (Å²) in [5.74, 6) is 1.19. The predicted molar refractivity (Wildman–Crippen MR) is 75.6 cm³/mol. The molecule has 0 heterocycles. The van der Waals surface area contributed by atoms with Gasteiger partial charge in [-0.2, -0.15) is 0 Å². The summed E-state index contributed by atoms with van der Waals surface area (Å²) >= 11 is 0. The number of rotatable bonds is 0. The van der Waals surface area contributed by atoms with Gasteiger partial charge in [0, 0.05) is 36.1 Å². The van der Waals surface area contributed by atoms with Crippen molar-refractivity contribution in [2.45, 2.75) is 6.42 Å². The molecule has 4 aliphatic rings. The van der Waals surface area contributed by atoms with Crippen molar-refractivity contribution in [3.63, 3.8) is 0 Å². The molecule has 0 aromatic heterocycles. The fourth-order valence-corrected chi connectivity index (χ4v) is 3.34. The van der Waals surface area contributed by atoms with Crippen LogP contribution in [0.4, 0.5) is 0 Å². The Morgan fingerprint density at radius 3 is 2.39 bits per heavy atom. The van der Waals surface area contributed by atoms with Crippen LogP contribution in [-0.4, -0.2) is 0 Å². The molecule has 0 aromatic carbocycles. The van der Waals surface area contributed by atoms with Crippen LogP contribution in [0.25, 0.3) is 0 Å². The lowest BCUT2D eigenvalue weighted by atomic mass is 9.67. The Bertz CT molecular complexity index is 600. The molecule has 2 bridgehead atoms. The van der Waals surface area contributed by atoms with Crippen LogP contribution in [0.2, 0.25) is 0 Å². The minimum atomic E-state index is 0.587. The van der Waals surface area contributed by atoms with E-state index < -0.39 is 0 Å². The minimum Gasteiger partial charge on any atom is -0.0620 e. The lowest BCUT2D eigenvalue weighted by Gasteiger charge is -2.34. The zero-order chi connectivity index (χ0) is 11.9. The first-order valence-electron chi connectivity index (χ1n) is 6.61. The van der Waals surface area contributed by atoms with Crippen molar-refractivity contribution in [1.29, 1.82) is 0 Å². The Morgan fingerprint density at radius 2 is 1.56 bits per heavy atom. The van der Waals surface area contributed by atoms with Gasteiger partial charge in [0.1, 0.15) is 0 Å². The van der Waals surface area contributed by atoms with Gasteiger partial charge in [-0.1, -0.05) is 30.4 Å². The van der Waals surface area contributed by atoms with E-state index in [1.807, 2.05) is 0 Å². The Kier molecular flexibility index (Phi) is 2.10. The van der Waals surface area contributed by atoms with Gasteiger partial charge in [0.25, 0.3) is 0 Å². The predicted octanol–water partition coefficient (Wildman–Crippen LogP) is 4.24. The molecule has 2 atom stereocenters. The summed E-state index contributed by atoms with van der Waals surface area (Å²) in [5, 5.41) is 0. The summed E-state index contributed by atoms with van der Waals surface area (Å²) in [5.41, 5.74) is 5.84. The Hall–Kier alpha value is -1.95. The van der Waals surface area contributed by atoms with E-state index in [-0.39, 0.29) is 0 Å². The van der Waals surface area contributed by atoms with Crippen molar-refractivity contribution in [3.05, 3.63) is 89.5 Å². The first-order chi connectivity index (χ1) is 8.92. The molecule has 4 rings (SSSR count). The van der Waals surface area contributed by atoms with E-state index in [4.69, 9.17) is 0 Å². The molecule has 0 fully saturated rings. The molecule has 86 valence electrons. The smallest absolute Gasteiger partial charge is 0.0554 e. The quantitative estimate of drug-likeness (QED) is 0.547. The summed E-state index contributed by atoms with van der Waals surface area (Å²) in [4.78, 5) is 0. The van der Waals surface area contributed by atoms with Crippen LogP contribution in [-0.2, 0) is 0 Å². The number of hydrogen-bond donors (Lipinski definition) is 0. The molecule has 0 N–H and O–H groups in total. The van der Waals surface area contributed by atoms with E-state index in [1.54, 1.807) is 0 Å². The molecule has 0 spiro atoms. The maximum Gasteiger partial charge on any atom is 0.0554 e. The molecule has 2 unspecified atom stereocenters. The molecule has 0 aromatic rings. The maximum absolute atomic E-state index is 2.39. The average molecular weight is 231 g/mol. The van der Waals surface area contributed by atoms with Gasteiger partial charge >= 0.3 is 0 Å². The molecule has 0 heteroatoms. The van der Waals surface area contributed by atoms with Gasteiger partial charge in [-0.3, -0.25) is 0 Å². The van der Waals surface area contributed by atoms with Gasteiger partial charge < -0.3 is 0 Å². The highest BCUT2D eigenvalue weighted by Crippen LogP contribution is 2.47. The van der Waals surface area contributed by atoms with Crippen LogP contribution in [0.15, 0.2) is 83.1 Å². The third-order valence-corrected chi connectivity index (χ3v) is 4.24. The molecule has 18 heavy (non-hydrogen) atoms. The normalized spacial score (nSPS) is 31.1. The second-order valence-electron chi connectivity index (χ2n) is 5.26. The summed E-state index contributed by atoms with van der Waals surface area (Å²) < 4.78 is 0. The molecule has 0 saturated carbocycles. The van der Waals surface area contributed by atoms with Crippen molar-refractivity contribution in [2.24, 2.45) is 11.8 Å². The first kappa shape index (κ1) is 10.0. The third kappa shape index (κ3) is 1.42. The Morgan fingerprint density at radius 1 is 0.833 bits per heavy atom. The van der Waals surface area contributed by atoms with Gasteiger partial charge in [0.05, 0.1) is 12.0 Å². The van der Waals surface area contributed by atoms with Crippen molar-refractivity contribution < 1.29 is 0 Å². The van der Waals surface area contributed by atoms with Crippen LogP contribution < -0.4 is 0 Å². The molecular formula is C18H15+. The second-order valence-corrected chi connectivity index (χ2v) is 5.26. The Balaban J connectivity index is 1.98. The third-order valence-electron chi connectivity index (χ3n) is 4.24. The lowest BCUT2D eigenvalue weighted by Crippen LogP contribution is -2.24. The van der Waals surface area contributed by atoms with Crippen molar-refractivity contribution >= 4 is 0 Å². The van der Waals surface area contributed by atoms with E-state index in [0.717, 1.165) is 0 Å². The maximum atomic E-state index is 2.39. The van der Waals surface area contributed by atoms with Crippen molar-refractivity contribution in [3.8, 4) is 0 Å². The standard InChI is InChI=1S/C18H15/c1-2-6-13-10-15-8-4-5-9-16-11-14(7-3-1)17(13)12-18(15)16/h1-11,17-18H,12H2/q+1. The fraction of sp³-hybridized carbons (Fsp3) is 0.167. The number of hydrogen-bond acceptors (Lipinski definition) is 0. The van der Waals surface area contributed by atoms with Crippen LogP contribution >= 0.6 is 0 Å². The largest absolute Gasteiger partial charge is 0.0620 e. The molecule has 0 saturated heterocycles. The first-order valence-corrected chi connectivity index (χ1v) is 6.61. The van der Waals surface area contributed by atoms with E-state index in [1.165, 1.54) is 28.7 Å². The zero-order valence-corrected chi connectivity index (χ0v) is 10.2. The molecule has 0 amide bonds. The van der Waals surface area contributed by atoms with Gasteiger partial charge in [0.15, 0.2) is 0 Å². The highest BCUT2D eigenvalue weighted by molar-refractivity contribution is 5.56. The van der Waals surface area contributed by atoms with Crippen LogP contribution in [0.1, 0.15) is 6.42 Å². The van der Waals surface area contributed by atoms with E-state index >= 15 is 0 Å². The minimum absolute atomic E-state index is 0.587. The van der Waals surface area contributed by atoms with Gasteiger partial charge in [-0.05, 0) is 29.2 Å². The lowest BCUT2D eigenvalue weighted by molar-refractivity contribution is 0.526. The Labute approximate surface area is 108 Å². The van der Waals surface area contributed by atoms with Crippen LogP contribution in [0.5, 0.6) is 0 Å². The second kappa shape index (κ2) is 3.78. The summed E-state index contributed by atoms with van der Waals surface area (Å²) in [6.45, 7) is 0. The molecular weight excluding hydrogens is 216 g/mol. The van der Waals surface area contributed by atoms with E-state index in [0.29, 0.717) is 11.8 Å². The molecule has 0 nitrogen and oxygen atoms in total. The highest BCUT2D eigenvalue weighted by Gasteiger charge is 2.36. The molecule has 0 radical (unpaired) electrons. The van der Waals surface area contributed by atoms with E-state index in [9.17, 15) is 0 Å². The fourth-order valence-electron chi connectivity index (χ4n) is 3.34. The van der Waals surface area contributed by atoms with Crippen molar-refractivity contribution in [2.75, 3.05) is 0 Å². The number of allylic oxidation sites excluding steroid dienone is 14. The molecule has 0 aliphatic heterocycles. The molecule has 4 aliphatic carbocycles. The van der Waals surface area contributed by atoms with E-state index in [2.05, 4.69) is 67.2 Å².